The summed E-state index contributed by atoms with van der Waals surface area (Å²) in [5, 5.41) is 7.12. The van der Waals surface area contributed by atoms with Crippen LogP contribution < -0.4 is 5.32 Å². The lowest BCUT2D eigenvalue weighted by molar-refractivity contribution is 0.420. The van der Waals surface area contributed by atoms with Crippen molar-refractivity contribution >= 4 is 6.01 Å². The molecule has 96 valence electrons. The highest BCUT2D eigenvalue weighted by Gasteiger charge is 2.15. The minimum atomic E-state index is -0.103. The molecule has 2 aromatic rings. The Kier molecular flexibility index (Phi) is 3.07. The van der Waals surface area contributed by atoms with Gasteiger partial charge in [-0.25, -0.2) is 0 Å². The maximum atomic E-state index is 5.18. The van der Waals surface area contributed by atoms with E-state index in [1.54, 1.807) is 0 Å². The van der Waals surface area contributed by atoms with Crippen molar-refractivity contribution in [1.82, 2.24) is 15.1 Å². The predicted molar refractivity (Wildman–Crippen MR) is 70.4 cm³/mol. The quantitative estimate of drug-likeness (QED) is 0.882. The van der Waals surface area contributed by atoms with Crippen molar-refractivity contribution in [3.8, 4) is 11.4 Å². The average Bonchev–Trinajstić information content (AvgIpc) is 2.61. The van der Waals surface area contributed by atoms with E-state index in [4.69, 9.17) is 4.52 Å². The van der Waals surface area contributed by atoms with Crippen LogP contribution in [0.1, 0.15) is 32.2 Å². The van der Waals surface area contributed by atoms with Gasteiger partial charge in [-0.15, -0.1) is 0 Å². The van der Waals surface area contributed by atoms with Crippen LogP contribution in [0.4, 0.5) is 6.01 Å². The molecule has 0 saturated carbocycles. The second kappa shape index (κ2) is 4.40. The third kappa shape index (κ3) is 3.06. The molecule has 0 aliphatic heterocycles. The van der Waals surface area contributed by atoms with E-state index in [-0.39, 0.29) is 5.54 Å². The lowest BCUT2D eigenvalue weighted by atomic mass is 10.1. The number of nitrogens with one attached hydrogen (secondary N) is 1. The molecular weight excluding hydrogens is 228 g/mol. The summed E-state index contributed by atoms with van der Waals surface area (Å²) in [5.41, 5.74) is 2.71. The lowest BCUT2D eigenvalue weighted by Crippen LogP contribution is -2.26. The molecule has 0 saturated heterocycles. The fourth-order valence-corrected chi connectivity index (χ4v) is 1.68. The van der Waals surface area contributed by atoms with Gasteiger partial charge in [0.2, 0.25) is 5.82 Å². The van der Waals surface area contributed by atoms with Gasteiger partial charge in [0.25, 0.3) is 0 Å². The molecule has 2 heterocycles. The molecule has 2 rings (SSSR count). The number of rotatable bonds is 2. The highest BCUT2D eigenvalue weighted by Crippen LogP contribution is 2.20. The molecule has 2 aromatic heterocycles. The summed E-state index contributed by atoms with van der Waals surface area (Å²) in [6, 6.07) is 4.32. The lowest BCUT2D eigenvalue weighted by Gasteiger charge is -2.17. The number of pyridine rings is 1. The molecule has 1 N–H and O–H groups in total. The van der Waals surface area contributed by atoms with Gasteiger partial charge in [0, 0.05) is 22.5 Å². The van der Waals surface area contributed by atoms with Gasteiger partial charge < -0.3 is 9.84 Å². The van der Waals surface area contributed by atoms with Crippen LogP contribution in [-0.2, 0) is 0 Å². The first kappa shape index (κ1) is 12.5. The SMILES string of the molecule is Cc1cc(-c2noc(NC(C)(C)C)n2)cc(C)n1. The summed E-state index contributed by atoms with van der Waals surface area (Å²) in [6.07, 6.45) is 0. The van der Waals surface area contributed by atoms with Crippen LogP contribution in [0.2, 0.25) is 0 Å². The normalized spacial score (nSPS) is 11.6. The van der Waals surface area contributed by atoms with Crippen molar-refractivity contribution in [2.45, 2.75) is 40.2 Å². The number of hydrogen-bond donors (Lipinski definition) is 1. The monoisotopic (exact) mass is 246 g/mol. The third-order valence-corrected chi connectivity index (χ3v) is 2.25. The summed E-state index contributed by atoms with van der Waals surface area (Å²) in [4.78, 5) is 8.66. The maximum absolute atomic E-state index is 5.18. The van der Waals surface area contributed by atoms with Crippen molar-refractivity contribution in [1.29, 1.82) is 0 Å². The summed E-state index contributed by atoms with van der Waals surface area (Å²) in [6.45, 7) is 10.0. The predicted octanol–water partition coefficient (Wildman–Crippen LogP) is 2.96. The first-order valence-corrected chi connectivity index (χ1v) is 5.91. The third-order valence-electron chi connectivity index (χ3n) is 2.25. The van der Waals surface area contributed by atoms with Crippen LogP contribution in [0.25, 0.3) is 11.4 Å². The topological polar surface area (TPSA) is 63.8 Å². The fraction of sp³-hybridized carbons (Fsp3) is 0.462. The largest absolute Gasteiger partial charge is 0.333 e. The van der Waals surface area contributed by atoms with E-state index in [2.05, 4.69) is 20.4 Å². The van der Waals surface area contributed by atoms with Crippen LogP contribution in [0.15, 0.2) is 16.7 Å². The van der Waals surface area contributed by atoms with Gasteiger partial charge >= 0.3 is 6.01 Å². The van der Waals surface area contributed by atoms with Crippen LogP contribution in [0.3, 0.4) is 0 Å². The van der Waals surface area contributed by atoms with Gasteiger partial charge in [-0.05, 0) is 46.8 Å². The van der Waals surface area contributed by atoms with E-state index in [0.717, 1.165) is 17.0 Å². The van der Waals surface area contributed by atoms with E-state index in [0.29, 0.717) is 11.8 Å². The van der Waals surface area contributed by atoms with E-state index >= 15 is 0 Å². The number of aryl methyl sites for hydroxylation is 2. The van der Waals surface area contributed by atoms with Gasteiger partial charge in [0.05, 0.1) is 0 Å². The number of nitrogens with zero attached hydrogens (tertiary/aromatic N) is 3. The number of aromatic nitrogens is 3. The second-order valence-corrected chi connectivity index (χ2v) is 5.44. The van der Waals surface area contributed by atoms with E-state index < -0.39 is 0 Å². The minimum Gasteiger partial charge on any atom is -0.333 e. The van der Waals surface area contributed by atoms with Gasteiger partial charge in [-0.3, -0.25) is 4.98 Å². The Balaban J connectivity index is 2.29. The van der Waals surface area contributed by atoms with Gasteiger partial charge in [-0.1, -0.05) is 5.16 Å². The highest BCUT2D eigenvalue weighted by molar-refractivity contribution is 5.56. The smallest absolute Gasteiger partial charge is 0.322 e. The standard InChI is InChI=1S/C13H18N4O/c1-8-6-10(7-9(2)14-8)11-15-12(18-17-11)16-13(3,4)5/h6-7H,1-5H3,(H,15,16,17). The summed E-state index contributed by atoms with van der Waals surface area (Å²) < 4.78 is 5.18. The van der Waals surface area contributed by atoms with Crippen molar-refractivity contribution < 1.29 is 4.52 Å². The Labute approximate surface area is 107 Å². The zero-order chi connectivity index (χ0) is 13.3. The summed E-state index contributed by atoms with van der Waals surface area (Å²) >= 11 is 0. The molecule has 0 unspecified atom stereocenters. The Hall–Kier alpha value is -1.91. The van der Waals surface area contributed by atoms with E-state index in [9.17, 15) is 0 Å². The zero-order valence-electron chi connectivity index (χ0n) is 11.4. The molecular formula is C13H18N4O. The first-order valence-electron chi connectivity index (χ1n) is 5.91. The Morgan fingerprint density at radius 1 is 1.06 bits per heavy atom. The Bertz CT molecular complexity index is 534. The molecule has 0 aliphatic carbocycles. The van der Waals surface area contributed by atoms with E-state index in [1.807, 2.05) is 46.8 Å². The van der Waals surface area contributed by atoms with Crippen molar-refractivity contribution in [2.75, 3.05) is 5.32 Å². The molecule has 0 bridgehead atoms. The van der Waals surface area contributed by atoms with Crippen molar-refractivity contribution in [3.05, 3.63) is 23.5 Å². The summed E-state index contributed by atoms with van der Waals surface area (Å²) in [7, 11) is 0. The van der Waals surface area contributed by atoms with Crippen molar-refractivity contribution in [3.63, 3.8) is 0 Å². The number of hydrogen-bond acceptors (Lipinski definition) is 5. The molecule has 0 amide bonds. The second-order valence-electron chi connectivity index (χ2n) is 5.44. The molecule has 0 aromatic carbocycles. The van der Waals surface area contributed by atoms with Crippen LogP contribution in [0.5, 0.6) is 0 Å². The summed E-state index contributed by atoms with van der Waals surface area (Å²) in [5.74, 6) is 0.579. The molecule has 5 heteroatoms. The van der Waals surface area contributed by atoms with Gasteiger partial charge in [0.1, 0.15) is 0 Å². The molecule has 0 atom stereocenters. The average molecular weight is 246 g/mol. The minimum absolute atomic E-state index is 0.103. The zero-order valence-corrected chi connectivity index (χ0v) is 11.4. The van der Waals surface area contributed by atoms with Crippen molar-refractivity contribution in [2.24, 2.45) is 0 Å². The highest BCUT2D eigenvalue weighted by atomic mass is 16.5. The molecule has 18 heavy (non-hydrogen) atoms. The molecule has 0 radical (unpaired) electrons. The Morgan fingerprint density at radius 3 is 2.22 bits per heavy atom. The maximum Gasteiger partial charge on any atom is 0.322 e. The van der Waals surface area contributed by atoms with Crippen LogP contribution in [0, 0.1) is 13.8 Å². The van der Waals surface area contributed by atoms with Gasteiger partial charge in [0.15, 0.2) is 0 Å². The van der Waals surface area contributed by atoms with Crippen LogP contribution >= 0.6 is 0 Å². The number of anilines is 1. The first-order chi connectivity index (χ1) is 8.33. The molecule has 0 aliphatic rings. The molecule has 0 spiro atoms. The van der Waals surface area contributed by atoms with Crippen LogP contribution in [-0.4, -0.2) is 20.7 Å². The fourth-order valence-electron chi connectivity index (χ4n) is 1.68. The van der Waals surface area contributed by atoms with E-state index in [1.165, 1.54) is 0 Å². The van der Waals surface area contributed by atoms with Gasteiger partial charge in [-0.2, -0.15) is 4.98 Å². The molecule has 0 fully saturated rings. The molecule has 5 nitrogen and oxygen atoms in total. The Morgan fingerprint density at radius 2 is 1.67 bits per heavy atom.